The van der Waals surface area contributed by atoms with Crippen LogP contribution >= 0.6 is 0 Å². The Hall–Kier alpha value is -3.03. The molecule has 7 heteroatoms. The van der Waals surface area contributed by atoms with Gasteiger partial charge < -0.3 is 5.32 Å². The molecule has 0 unspecified atom stereocenters. The Bertz CT molecular complexity index is 1080. The van der Waals surface area contributed by atoms with E-state index in [9.17, 15) is 13.2 Å². The van der Waals surface area contributed by atoms with Crippen molar-refractivity contribution in [3.63, 3.8) is 0 Å². The van der Waals surface area contributed by atoms with Crippen molar-refractivity contribution in [2.75, 3.05) is 18.9 Å². The number of sulfonamides is 1. The molecule has 0 spiro atoms. The summed E-state index contributed by atoms with van der Waals surface area (Å²) in [5, 5.41) is 2.63. The van der Waals surface area contributed by atoms with Crippen LogP contribution in [0.1, 0.15) is 5.69 Å². The number of amides is 1. The number of nitrogens with zero attached hydrogens (tertiary/aromatic N) is 2. The van der Waals surface area contributed by atoms with Crippen molar-refractivity contribution in [3.05, 3.63) is 78.5 Å². The predicted molar refractivity (Wildman–Crippen MR) is 109 cm³/mol. The number of nitrogens with one attached hydrogen (secondary N) is 1. The maximum Gasteiger partial charge on any atom is 0.243 e. The van der Waals surface area contributed by atoms with E-state index in [2.05, 4.69) is 10.3 Å². The summed E-state index contributed by atoms with van der Waals surface area (Å²) < 4.78 is 27.2. The first-order valence-corrected chi connectivity index (χ1v) is 10.2. The minimum Gasteiger partial charge on any atom is -0.310 e. The van der Waals surface area contributed by atoms with Gasteiger partial charge in [-0.1, -0.05) is 54.6 Å². The second-order valence-corrected chi connectivity index (χ2v) is 8.35. The highest BCUT2D eigenvalue weighted by Crippen LogP contribution is 2.28. The molecule has 144 valence electrons. The first kappa shape index (κ1) is 19.7. The Morgan fingerprint density at radius 1 is 0.964 bits per heavy atom. The predicted octanol–water partition coefficient (Wildman–Crippen LogP) is 3.32. The van der Waals surface area contributed by atoms with Gasteiger partial charge in [-0.2, -0.15) is 4.31 Å². The highest BCUT2D eigenvalue weighted by Gasteiger charge is 2.26. The minimum absolute atomic E-state index is 0.158. The van der Waals surface area contributed by atoms with E-state index in [1.807, 2.05) is 43.3 Å². The molecular weight excluding hydrogens is 374 g/mol. The van der Waals surface area contributed by atoms with Gasteiger partial charge in [0.15, 0.2) is 0 Å². The van der Waals surface area contributed by atoms with E-state index >= 15 is 0 Å². The number of rotatable bonds is 6. The fourth-order valence-electron chi connectivity index (χ4n) is 2.80. The molecule has 0 saturated carbocycles. The third kappa shape index (κ3) is 4.44. The van der Waals surface area contributed by atoms with Crippen molar-refractivity contribution in [1.29, 1.82) is 0 Å². The van der Waals surface area contributed by atoms with Crippen LogP contribution in [0, 0.1) is 6.92 Å². The molecule has 1 aromatic heterocycles. The average molecular weight is 395 g/mol. The summed E-state index contributed by atoms with van der Waals surface area (Å²) in [5.74, 6) is -0.0677. The van der Waals surface area contributed by atoms with E-state index in [0.717, 1.165) is 15.6 Å². The average Bonchev–Trinajstić information content (AvgIpc) is 2.68. The summed E-state index contributed by atoms with van der Waals surface area (Å²) >= 11 is 0. The van der Waals surface area contributed by atoms with E-state index in [1.54, 1.807) is 36.4 Å². The van der Waals surface area contributed by atoms with Gasteiger partial charge in [-0.25, -0.2) is 13.4 Å². The molecule has 0 aliphatic carbocycles. The van der Waals surface area contributed by atoms with E-state index in [4.69, 9.17) is 0 Å². The lowest BCUT2D eigenvalue weighted by Gasteiger charge is -2.19. The zero-order valence-electron chi connectivity index (χ0n) is 15.7. The number of carbonyl (C=O) groups is 1. The van der Waals surface area contributed by atoms with Crippen molar-refractivity contribution < 1.29 is 13.2 Å². The van der Waals surface area contributed by atoms with Crippen LogP contribution in [0.3, 0.4) is 0 Å². The van der Waals surface area contributed by atoms with Crippen molar-refractivity contribution in [2.45, 2.75) is 11.8 Å². The van der Waals surface area contributed by atoms with Crippen LogP contribution in [0.25, 0.3) is 11.1 Å². The third-order valence-corrected chi connectivity index (χ3v) is 6.04. The van der Waals surface area contributed by atoms with Crippen LogP contribution in [0.5, 0.6) is 0 Å². The molecule has 0 saturated heterocycles. The Morgan fingerprint density at radius 3 is 2.36 bits per heavy atom. The van der Waals surface area contributed by atoms with Crippen molar-refractivity contribution in [1.82, 2.24) is 9.29 Å². The summed E-state index contributed by atoms with van der Waals surface area (Å²) in [5.41, 5.74) is 2.15. The van der Waals surface area contributed by atoms with Gasteiger partial charge in [0.25, 0.3) is 0 Å². The Morgan fingerprint density at radius 2 is 1.64 bits per heavy atom. The molecule has 0 atom stereocenters. The second-order valence-electron chi connectivity index (χ2n) is 6.34. The van der Waals surface area contributed by atoms with Crippen LogP contribution < -0.4 is 5.32 Å². The molecule has 0 aliphatic heterocycles. The van der Waals surface area contributed by atoms with Crippen molar-refractivity contribution in [2.24, 2.45) is 0 Å². The van der Waals surface area contributed by atoms with Crippen molar-refractivity contribution in [3.8, 4) is 11.1 Å². The molecule has 0 fully saturated rings. The zero-order chi connectivity index (χ0) is 20.1. The van der Waals surface area contributed by atoms with Gasteiger partial charge in [0.1, 0.15) is 5.82 Å². The number of hydrogen-bond donors (Lipinski definition) is 1. The molecule has 3 rings (SSSR count). The summed E-state index contributed by atoms with van der Waals surface area (Å²) in [6.45, 7) is 1.49. The zero-order valence-corrected chi connectivity index (χ0v) is 16.5. The van der Waals surface area contributed by atoms with Crippen LogP contribution in [0.2, 0.25) is 0 Å². The molecule has 28 heavy (non-hydrogen) atoms. The molecular formula is C21H21N3O3S. The summed E-state index contributed by atoms with van der Waals surface area (Å²) in [6.07, 6.45) is 0. The quantitative estimate of drug-likeness (QED) is 0.694. The smallest absolute Gasteiger partial charge is 0.243 e. The molecule has 0 bridgehead atoms. The highest BCUT2D eigenvalue weighted by atomic mass is 32.2. The van der Waals surface area contributed by atoms with E-state index < -0.39 is 15.9 Å². The van der Waals surface area contributed by atoms with Gasteiger partial charge in [0, 0.05) is 18.3 Å². The monoisotopic (exact) mass is 395 g/mol. The van der Waals surface area contributed by atoms with Crippen LogP contribution in [-0.4, -0.2) is 37.2 Å². The number of anilines is 1. The van der Waals surface area contributed by atoms with E-state index in [0.29, 0.717) is 11.4 Å². The lowest BCUT2D eigenvalue weighted by molar-refractivity contribution is -0.116. The van der Waals surface area contributed by atoms with Crippen LogP contribution in [-0.2, 0) is 14.8 Å². The Kier molecular flexibility index (Phi) is 5.87. The fourth-order valence-corrected chi connectivity index (χ4v) is 4.14. The number of aryl methyl sites for hydroxylation is 1. The summed E-state index contributed by atoms with van der Waals surface area (Å²) in [6, 6.07) is 21.3. The Balaban J connectivity index is 1.82. The first-order valence-electron chi connectivity index (χ1n) is 8.72. The van der Waals surface area contributed by atoms with Crippen LogP contribution in [0.4, 0.5) is 5.82 Å². The van der Waals surface area contributed by atoms with Gasteiger partial charge in [0.2, 0.25) is 15.9 Å². The van der Waals surface area contributed by atoms with Gasteiger partial charge >= 0.3 is 0 Å². The number of pyridine rings is 1. The largest absolute Gasteiger partial charge is 0.310 e. The number of likely N-dealkylation sites (N-methyl/N-ethyl adjacent to an activating group) is 1. The normalized spacial score (nSPS) is 11.4. The Labute approximate surface area is 164 Å². The molecule has 0 aliphatic rings. The maximum atomic E-state index is 13.1. The molecule has 1 heterocycles. The van der Waals surface area contributed by atoms with Gasteiger partial charge in [-0.05, 0) is 30.7 Å². The standard InChI is InChI=1S/C21H21N3O3S/c1-16-9-8-14-20(22-16)23-21(25)15-24(2)28(26,27)19-13-7-6-12-18(19)17-10-4-3-5-11-17/h3-14H,15H2,1-2H3,(H,22,23,25). The number of carbonyl (C=O) groups excluding carboxylic acids is 1. The lowest BCUT2D eigenvalue weighted by Crippen LogP contribution is -2.35. The SMILES string of the molecule is Cc1cccc(NC(=O)CN(C)S(=O)(=O)c2ccccc2-c2ccccc2)n1. The van der Waals surface area contributed by atoms with Gasteiger partial charge in [0.05, 0.1) is 11.4 Å². The number of benzene rings is 2. The van der Waals surface area contributed by atoms with Crippen molar-refractivity contribution >= 4 is 21.7 Å². The van der Waals surface area contributed by atoms with Gasteiger partial charge in [-0.3, -0.25) is 4.79 Å². The van der Waals surface area contributed by atoms with Crippen LogP contribution in [0.15, 0.2) is 77.7 Å². The molecule has 0 radical (unpaired) electrons. The fraction of sp³-hybridized carbons (Fsp3) is 0.143. The lowest BCUT2D eigenvalue weighted by atomic mass is 10.1. The maximum absolute atomic E-state index is 13.1. The van der Waals surface area contributed by atoms with Gasteiger partial charge in [-0.15, -0.1) is 0 Å². The third-order valence-electron chi connectivity index (χ3n) is 4.18. The molecule has 1 amide bonds. The molecule has 6 nitrogen and oxygen atoms in total. The van der Waals surface area contributed by atoms with E-state index in [-0.39, 0.29) is 11.4 Å². The minimum atomic E-state index is -3.86. The first-order chi connectivity index (χ1) is 13.4. The van der Waals surface area contributed by atoms with E-state index in [1.165, 1.54) is 7.05 Å². The summed E-state index contributed by atoms with van der Waals surface area (Å²) in [7, 11) is -2.47. The topological polar surface area (TPSA) is 79.4 Å². The second kappa shape index (κ2) is 8.33. The highest BCUT2D eigenvalue weighted by molar-refractivity contribution is 7.89. The molecule has 1 N–H and O–H groups in total. The number of hydrogen-bond acceptors (Lipinski definition) is 4. The molecule has 3 aromatic rings. The number of aromatic nitrogens is 1. The summed E-state index contributed by atoms with van der Waals surface area (Å²) in [4.78, 5) is 16.7. The molecule has 2 aromatic carbocycles.